The average molecular weight is 490 g/mol. The van der Waals surface area contributed by atoms with Gasteiger partial charge < -0.3 is 5.11 Å². The van der Waals surface area contributed by atoms with Crippen LogP contribution in [0.5, 0.6) is 0 Å². The zero-order chi connectivity index (χ0) is 25.7. The topological polar surface area (TPSA) is 94.2 Å². The molecule has 1 aliphatic rings. The van der Waals surface area contributed by atoms with Crippen LogP contribution in [-0.2, 0) is 13.0 Å². The number of aromatic carboxylic acids is 1. The maximum Gasteiger partial charge on any atom is 0.353 e. The Balaban J connectivity index is 1.59. The fourth-order valence-electron chi connectivity index (χ4n) is 4.98. The molecule has 0 aliphatic heterocycles. The van der Waals surface area contributed by atoms with Crippen LogP contribution in [0, 0.1) is 11.8 Å². The maximum absolute atomic E-state index is 13.3. The number of carbonyl (C=O) groups excluding carboxylic acids is 1. The van der Waals surface area contributed by atoms with E-state index in [1.807, 2.05) is 30.3 Å². The Morgan fingerprint density at radius 2 is 1.72 bits per heavy atom. The first-order chi connectivity index (χ1) is 17.3. The van der Waals surface area contributed by atoms with E-state index < -0.39 is 5.97 Å². The molecule has 0 bridgehead atoms. The second-order valence-corrected chi connectivity index (χ2v) is 10.3. The van der Waals surface area contributed by atoms with Crippen LogP contribution in [0.25, 0.3) is 11.1 Å². The van der Waals surface area contributed by atoms with Crippen molar-refractivity contribution in [3.05, 3.63) is 76.0 Å². The lowest BCUT2D eigenvalue weighted by atomic mass is 9.87. The number of hydrogen-bond acceptors (Lipinski definition) is 4. The Morgan fingerprint density at radius 1 is 1.03 bits per heavy atom. The predicted octanol–water partition coefficient (Wildman–Crippen LogP) is 5.66. The van der Waals surface area contributed by atoms with E-state index in [1.54, 1.807) is 22.8 Å². The molecular formula is C29H35N3O4. The van der Waals surface area contributed by atoms with E-state index in [2.05, 4.69) is 18.9 Å². The molecule has 190 valence electrons. The number of carboxylic acid groups (broad SMARTS) is 1. The van der Waals surface area contributed by atoms with Gasteiger partial charge in [-0.15, -0.1) is 9.78 Å². The fourth-order valence-corrected chi connectivity index (χ4v) is 4.98. The van der Waals surface area contributed by atoms with Crippen LogP contribution in [0.2, 0.25) is 0 Å². The third-order valence-corrected chi connectivity index (χ3v) is 7.07. The van der Waals surface area contributed by atoms with Gasteiger partial charge in [0.1, 0.15) is 5.82 Å². The van der Waals surface area contributed by atoms with Gasteiger partial charge in [-0.25, -0.2) is 9.59 Å². The summed E-state index contributed by atoms with van der Waals surface area (Å²) in [5, 5.41) is 14.0. The summed E-state index contributed by atoms with van der Waals surface area (Å²) in [6.07, 6.45) is 7.47. The highest BCUT2D eigenvalue weighted by molar-refractivity contribution is 5.96. The molecule has 7 nitrogen and oxygen atoms in total. The predicted molar refractivity (Wildman–Crippen MR) is 139 cm³/mol. The number of rotatable bonds is 9. The number of nitrogens with zero attached hydrogens (tertiary/aromatic N) is 3. The minimum Gasteiger partial charge on any atom is -0.478 e. The van der Waals surface area contributed by atoms with Gasteiger partial charge in [-0.2, -0.15) is 0 Å². The van der Waals surface area contributed by atoms with Crippen molar-refractivity contribution >= 4 is 11.9 Å². The Bertz CT molecular complexity index is 1260. The van der Waals surface area contributed by atoms with Crippen molar-refractivity contribution < 1.29 is 14.7 Å². The van der Waals surface area contributed by atoms with E-state index in [0.29, 0.717) is 42.6 Å². The molecule has 2 aromatic carbocycles. The van der Waals surface area contributed by atoms with Crippen molar-refractivity contribution in [2.24, 2.45) is 11.8 Å². The molecule has 1 saturated carbocycles. The standard InChI is InChI=1S/C29H35N3O4/c1-20(2)12-17-26-30-32(27(33)18-21-8-4-3-5-9-21)29(36)31(26)19-22-13-15-23(16-14-22)24-10-6-7-11-25(24)28(34)35/h6-7,10-11,13-16,20-21H,3-5,8-9,12,17-19H2,1-2H3,(H,34,35). The first-order valence-corrected chi connectivity index (χ1v) is 13.0. The summed E-state index contributed by atoms with van der Waals surface area (Å²) in [6.45, 7) is 4.56. The molecule has 4 rings (SSSR count). The van der Waals surface area contributed by atoms with Crippen LogP contribution >= 0.6 is 0 Å². The summed E-state index contributed by atoms with van der Waals surface area (Å²) in [4.78, 5) is 37.9. The van der Waals surface area contributed by atoms with Gasteiger partial charge in [-0.3, -0.25) is 9.36 Å². The van der Waals surface area contributed by atoms with Crippen LogP contribution in [0.4, 0.5) is 0 Å². The summed E-state index contributed by atoms with van der Waals surface area (Å²) in [7, 11) is 0. The molecular weight excluding hydrogens is 454 g/mol. The van der Waals surface area contributed by atoms with E-state index in [-0.39, 0.29) is 17.2 Å². The van der Waals surface area contributed by atoms with Gasteiger partial charge in [0.15, 0.2) is 0 Å². The Labute approximate surface area is 211 Å². The molecule has 0 radical (unpaired) electrons. The Kier molecular flexibility index (Phi) is 8.18. The molecule has 3 aromatic rings. The molecule has 36 heavy (non-hydrogen) atoms. The van der Waals surface area contributed by atoms with Gasteiger partial charge in [-0.1, -0.05) is 75.6 Å². The second-order valence-electron chi connectivity index (χ2n) is 10.3. The molecule has 1 N–H and O–H groups in total. The summed E-state index contributed by atoms with van der Waals surface area (Å²) in [5.74, 6) is 0.235. The van der Waals surface area contributed by atoms with E-state index >= 15 is 0 Å². The van der Waals surface area contributed by atoms with E-state index in [1.165, 1.54) is 6.42 Å². The average Bonchev–Trinajstić information content (AvgIpc) is 3.19. The summed E-state index contributed by atoms with van der Waals surface area (Å²) in [6, 6.07) is 14.4. The number of hydrogen-bond donors (Lipinski definition) is 1. The number of carboxylic acids is 1. The minimum absolute atomic E-state index is 0.211. The SMILES string of the molecule is CC(C)CCc1nn(C(=O)CC2CCCCC2)c(=O)n1Cc1ccc(-c2ccccc2C(=O)O)cc1. The number of aryl methyl sites for hydroxylation is 1. The smallest absolute Gasteiger partial charge is 0.353 e. The minimum atomic E-state index is -0.971. The Hall–Kier alpha value is -3.48. The normalized spacial score (nSPS) is 14.3. The molecule has 0 spiro atoms. The first kappa shape index (κ1) is 25.6. The number of benzene rings is 2. The van der Waals surface area contributed by atoms with Crippen molar-refractivity contribution in [3.63, 3.8) is 0 Å². The highest BCUT2D eigenvalue weighted by Crippen LogP contribution is 2.27. The largest absolute Gasteiger partial charge is 0.478 e. The third-order valence-electron chi connectivity index (χ3n) is 7.07. The Morgan fingerprint density at radius 3 is 2.39 bits per heavy atom. The molecule has 1 fully saturated rings. The number of aromatic nitrogens is 3. The van der Waals surface area contributed by atoms with Crippen LogP contribution < -0.4 is 5.69 Å². The molecule has 7 heteroatoms. The molecule has 0 unspecified atom stereocenters. The molecule has 0 amide bonds. The van der Waals surface area contributed by atoms with Gasteiger partial charge in [0.25, 0.3) is 5.91 Å². The summed E-state index contributed by atoms with van der Waals surface area (Å²) < 4.78 is 2.70. The van der Waals surface area contributed by atoms with Gasteiger partial charge in [-0.05, 0) is 53.9 Å². The zero-order valence-corrected chi connectivity index (χ0v) is 21.2. The van der Waals surface area contributed by atoms with Crippen molar-refractivity contribution in [3.8, 4) is 11.1 Å². The van der Waals surface area contributed by atoms with Crippen LogP contribution in [0.1, 0.15) is 85.3 Å². The molecule has 1 aliphatic carbocycles. The molecule has 1 aromatic heterocycles. The maximum atomic E-state index is 13.3. The monoisotopic (exact) mass is 489 g/mol. The van der Waals surface area contributed by atoms with Gasteiger partial charge in [0, 0.05) is 12.8 Å². The highest BCUT2D eigenvalue weighted by atomic mass is 16.4. The third kappa shape index (κ3) is 6.01. The van der Waals surface area contributed by atoms with Gasteiger partial charge in [0.05, 0.1) is 12.1 Å². The number of carbonyl (C=O) groups is 2. The van der Waals surface area contributed by atoms with Crippen LogP contribution in [0.15, 0.2) is 53.3 Å². The highest BCUT2D eigenvalue weighted by Gasteiger charge is 2.23. The first-order valence-electron chi connectivity index (χ1n) is 13.0. The van der Waals surface area contributed by atoms with E-state index in [0.717, 1.165) is 47.9 Å². The van der Waals surface area contributed by atoms with E-state index in [9.17, 15) is 19.5 Å². The van der Waals surface area contributed by atoms with Crippen molar-refractivity contribution in [2.75, 3.05) is 0 Å². The van der Waals surface area contributed by atoms with Crippen molar-refractivity contribution in [2.45, 2.75) is 71.8 Å². The van der Waals surface area contributed by atoms with Crippen molar-refractivity contribution in [1.29, 1.82) is 0 Å². The molecule has 1 heterocycles. The summed E-state index contributed by atoms with van der Waals surface area (Å²) in [5.41, 5.74) is 2.19. The van der Waals surface area contributed by atoms with Gasteiger partial charge >= 0.3 is 11.7 Å². The van der Waals surface area contributed by atoms with E-state index in [4.69, 9.17) is 0 Å². The second kappa shape index (κ2) is 11.5. The zero-order valence-electron chi connectivity index (χ0n) is 21.2. The molecule has 0 saturated heterocycles. The van der Waals surface area contributed by atoms with Crippen LogP contribution in [0.3, 0.4) is 0 Å². The fraction of sp³-hybridized carbons (Fsp3) is 0.448. The lowest BCUT2D eigenvalue weighted by Crippen LogP contribution is -2.31. The lowest BCUT2D eigenvalue weighted by Gasteiger charge is -2.20. The quantitative estimate of drug-likeness (QED) is 0.419. The molecule has 0 atom stereocenters. The van der Waals surface area contributed by atoms with Crippen molar-refractivity contribution in [1.82, 2.24) is 14.3 Å². The lowest BCUT2D eigenvalue weighted by molar-refractivity contribution is 0.0697. The van der Waals surface area contributed by atoms with Crippen LogP contribution in [-0.4, -0.2) is 31.3 Å². The summed E-state index contributed by atoms with van der Waals surface area (Å²) >= 11 is 0. The van der Waals surface area contributed by atoms with Gasteiger partial charge in [0.2, 0.25) is 0 Å².